The lowest BCUT2D eigenvalue weighted by molar-refractivity contribution is -0.119. The molecule has 0 bridgehead atoms. The highest BCUT2D eigenvalue weighted by Crippen LogP contribution is 2.23. The summed E-state index contributed by atoms with van der Waals surface area (Å²) in [6.45, 7) is 2.28. The highest BCUT2D eigenvalue weighted by Gasteiger charge is 2.26. The van der Waals surface area contributed by atoms with Gasteiger partial charge < -0.3 is 5.32 Å². The van der Waals surface area contributed by atoms with E-state index in [1.54, 1.807) is 54.2 Å². The molecule has 31 heavy (non-hydrogen) atoms. The lowest BCUT2D eigenvalue weighted by Gasteiger charge is -2.24. The molecule has 0 saturated heterocycles. The van der Waals surface area contributed by atoms with Crippen LogP contribution in [-0.2, 0) is 14.8 Å². The number of aryl methyl sites for hydroxylation is 1. The Balaban J connectivity index is 1.58. The molecule has 0 unspecified atom stereocenters. The number of rotatable bonds is 10. The number of benzene rings is 3. The van der Waals surface area contributed by atoms with Gasteiger partial charge in [-0.25, -0.2) is 8.42 Å². The maximum atomic E-state index is 13.2. The molecule has 0 atom stereocenters. The molecular weight excluding hydrogens is 428 g/mol. The van der Waals surface area contributed by atoms with Crippen LogP contribution in [0.3, 0.4) is 0 Å². The van der Waals surface area contributed by atoms with Gasteiger partial charge in [-0.05, 0) is 55.5 Å². The maximum Gasteiger partial charge on any atom is 0.264 e. The summed E-state index contributed by atoms with van der Waals surface area (Å²) in [6, 6.07) is 25.2. The van der Waals surface area contributed by atoms with Gasteiger partial charge in [0.15, 0.2) is 0 Å². The SMILES string of the molecule is Cc1ccc(SCCCNC(=O)CN(c2ccccc2)S(=O)(=O)c2ccccc2)cc1. The van der Waals surface area contributed by atoms with E-state index in [1.807, 2.05) is 6.07 Å². The molecule has 0 aliphatic rings. The maximum absolute atomic E-state index is 13.2. The number of nitrogens with zero attached hydrogens (tertiary/aromatic N) is 1. The van der Waals surface area contributed by atoms with Gasteiger partial charge in [0, 0.05) is 11.4 Å². The van der Waals surface area contributed by atoms with Crippen LogP contribution < -0.4 is 9.62 Å². The summed E-state index contributed by atoms with van der Waals surface area (Å²) >= 11 is 1.74. The minimum Gasteiger partial charge on any atom is -0.354 e. The van der Waals surface area contributed by atoms with Crippen LogP contribution in [0.25, 0.3) is 0 Å². The van der Waals surface area contributed by atoms with E-state index in [1.165, 1.54) is 22.6 Å². The molecule has 0 fully saturated rings. The zero-order valence-electron chi connectivity index (χ0n) is 17.4. The van der Waals surface area contributed by atoms with Crippen LogP contribution in [0, 0.1) is 6.92 Å². The van der Waals surface area contributed by atoms with Crippen molar-refractivity contribution in [3.05, 3.63) is 90.5 Å². The van der Waals surface area contributed by atoms with E-state index in [2.05, 4.69) is 36.5 Å². The smallest absolute Gasteiger partial charge is 0.264 e. The van der Waals surface area contributed by atoms with E-state index >= 15 is 0 Å². The first kappa shape index (κ1) is 22.9. The number of sulfonamides is 1. The third kappa shape index (κ3) is 6.60. The number of carbonyl (C=O) groups is 1. The quantitative estimate of drug-likeness (QED) is 0.362. The van der Waals surface area contributed by atoms with E-state index in [0.29, 0.717) is 12.2 Å². The second kappa shape index (κ2) is 11.0. The molecule has 0 saturated carbocycles. The Morgan fingerprint density at radius 1 is 0.903 bits per heavy atom. The van der Waals surface area contributed by atoms with E-state index in [9.17, 15) is 13.2 Å². The number of hydrogen-bond acceptors (Lipinski definition) is 4. The van der Waals surface area contributed by atoms with Gasteiger partial charge in [-0.3, -0.25) is 9.10 Å². The molecule has 3 rings (SSSR count). The summed E-state index contributed by atoms with van der Waals surface area (Å²) in [7, 11) is -3.86. The van der Waals surface area contributed by atoms with Gasteiger partial charge in [-0.1, -0.05) is 54.1 Å². The Morgan fingerprint density at radius 2 is 1.52 bits per heavy atom. The number of anilines is 1. The van der Waals surface area contributed by atoms with Crippen molar-refractivity contribution >= 4 is 33.4 Å². The van der Waals surface area contributed by atoms with Gasteiger partial charge in [0.1, 0.15) is 6.54 Å². The number of hydrogen-bond donors (Lipinski definition) is 1. The summed E-state index contributed by atoms with van der Waals surface area (Å²) in [6.07, 6.45) is 0.793. The molecular formula is C24H26N2O3S2. The van der Waals surface area contributed by atoms with E-state index in [-0.39, 0.29) is 17.3 Å². The lowest BCUT2D eigenvalue weighted by Crippen LogP contribution is -2.41. The molecule has 1 amide bonds. The number of thioether (sulfide) groups is 1. The average molecular weight is 455 g/mol. The third-order valence-electron chi connectivity index (χ3n) is 4.60. The molecule has 3 aromatic rings. The lowest BCUT2D eigenvalue weighted by atomic mass is 10.2. The number of para-hydroxylation sites is 1. The van der Waals surface area contributed by atoms with Crippen LogP contribution in [0.15, 0.2) is 94.7 Å². The Bertz CT molecular complexity index is 1070. The highest BCUT2D eigenvalue weighted by molar-refractivity contribution is 7.99. The van der Waals surface area contributed by atoms with Crippen LogP contribution >= 0.6 is 11.8 Å². The van der Waals surface area contributed by atoms with Crippen LogP contribution in [0.1, 0.15) is 12.0 Å². The first-order valence-electron chi connectivity index (χ1n) is 10.1. The number of carbonyl (C=O) groups excluding carboxylic acids is 1. The minimum atomic E-state index is -3.86. The number of nitrogens with one attached hydrogen (secondary N) is 1. The summed E-state index contributed by atoms with van der Waals surface area (Å²) < 4.78 is 27.5. The first-order chi connectivity index (χ1) is 15.0. The minimum absolute atomic E-state index is 0.154. The molecule has 5 nitrogen and oxygen atoms in total. The molecule has 0 aliphatic heterocycles. The molecule has 162 valence electrons. The van der Waals surface area contributed by atoms with E-state index in [4.69, 9.17) is 0 Å². The van der Waals surface area contributed by atoms with Crippen molar-refractivity contribution in [3.8, 4) is 0 Å². The zero-order chi connectivity index (χ0) is 22.1. The van der Waals surface area contributed by atoms with Crippen molar-refractivity contribution in [1.29, 1.82) is 0 Å². The van der Waals surface area contributed by atoms with Crippen molar-refractivity contribution in [2.45, 2.75) is 23.1 Å². The Morgan fingerprint density at radius 3 is 2.16 bits per heavy atom. The van der Waals surface area contributed by atoms with E-state index in [0.717, 1.165) is 16.5 Å². The van der Waals surface area contributed by atoms with Crippen LogP contribution in [0.2, 0.25) is 0 Å². The fourth-order valence-corrected chi connectivity index (χ4v) is 5.23. The van der Waals surface area contributed by atoms with Gasteiger partial charge in [-0.15, -0.1) is 11.8 Å². The summed E-state index contributed by atoms with van der Waals surface area (Å²) in [4.78, 5) is 13.9. The van der Waals surface area contributed by atoms with Crippen LogP contribution in [0.5, 0.6) is 0 Å². The van der Waals surface area contributed by atoms with Gasteiger partial charge in [0.05, 0.1) is 10.6 Å². The van der Waals surface area contributed by atoms with Crippen molar-refractivity contribution < 1.29 is 13.2 Å². The normalized spacial score (nSPS) is 11.1. The largest absolute Gasteiger partial charge is 0.354 e. The van der Waals surface area contributed by atoms with Crippen LogP contribution in [-0.4, -0.2) is 33.2 Å². The van der Waals surface area contributed by atoms with Crippen molar-refractivity contribution in [3.63, 3.8) is 0 Å². The standard InChI is InChI=1S/C24H26N2O3S2/c1-20-13-15-22(16-14-20)30-18-8-17-25-24(27)19-26(21-9-4-2-5-10-21)31(28,29)23-11-6-3-7-12-23/h2-7,9-16H,8,17-19H2,1H3,(H,25,27). The highest BCUT2D eigenvalue weighted by atomic mass is 32.2. The molecule has 1 N–H and O–H groups in total. The molecule has 7 heteroatoms. The topological polar surface area (TPSA) is 66.5 Å². The predicted molar refractivity (Wildman–Crippen MR) is 127 cm³/mol. The van der Waals surface area contributed by atoms with Gasteiger partial charge >= 0.3 is 0 Å². The summed E-state index contributed by atoms with van der Waals surface area (Å²) in [5.74, 6) is 0.539. The predicted octanol–water partition coefficient (Wildman–Crippen LogP) is 4.49. The van der Waals surface area contributed by atoms with Gasteiger partial charge in [0.2, 0.25) is 5.91 Å². The number of amides is 1. The first-order valence-corrected chi connectivity index (χ1v) is 12.5. The van der Waals surface area contributed by atoms with Crippen molar-refractivity contribution in [1.82, 2.24) is 5.32 Å². The Hall–Kier alpha value is -2.77. The third-order valence-corrected chi connectivity index (χ3v) is 7.48. The van der Waals surface area contributed by atoms with Gasteiger partial charge in [0.25, 0.3) is 10.0 Å². The Kier molecular flexibility index (Phi) is 8.14. The monoisotopic (exact) mass is 454 g/mol. The van der Waals surface area contributed by atoms with E-state index < -0.39 is 10.0 Å². The second-order valence-electron chi connectivity index (χ2n) is 7.03. The zero-order valence-corrected chi connectivity index (χ0v) is 19.0. The summed E-state index contributed by atoms with van der Waals surface area (Å²) in [5, 5.41) is 2.84. The molecule has 0 spiro atoms. The summed E-state index contributed by atoms with van der Waals surface area (Å²) in [5.41, 5.74) is 1.68. The van der Waals surface area contributed by atoms with Crippen LogP contribution in [0.4, 0.5) is 5.69 Å². The fourth-order valence-electron chi connectivity index (χ4n) is 2.94. The fraction of sp³-hybridized carbons (Fsp3) is 0.208. The molecule has 0 aromatic heterocycles. The molecule has 0 heterocycles. The van der Waals surface area contributed by atoms with Crippen molar-refractivity contribution in [2.75, 3.05) is 23.1 Å². The Labute approximate surface area is 188 Å². The molecule has 0 aliphatic carbocycles. The van der Waals surface area contributed by atoms with Gasteiger partial charge in [-0.2, -0.15) is 0 Å². The molecule has 3 aromatic carbocycles. The average Bonchev–Trinajstić information content (AvgIpc) is 2.79. The second-order valence-corrected chi connectivity index (χ2v) is 10.1. The molecule has 0 radical (unpaired) electrons. The van der Waals surface area contributed by atoms with Crippen molar-refractivity contribution in [2.24, 2.45) is 0 Å².